The number of ether oxygens (including phenoxy) is 4. The van der Waals surface area contributed by atoms with Gasteiger partial charge in [-0.05, 0) is 46.5 Å². The van der Waals surface area contributed by atoms with Crippen LogP contribution in [0.25, 0.3) is 0 Å². The number of rotatable bonds is 5. The van der Waals surface area contributed by atoms with E-state index in [1.165, 1.54) is 6.92 Å². The molecule has 0 saturated carbocycles. The summed E-state index contributed by atoms with van der Waals surface area (Å²) >= 11 is 0. The van der Waals surface area contributed by atoms with Crippen molar-refractivity contribution in [3.63, 3.8) is 0 Å². The average Bonchev–Trinajstić information content (AvgIpc) is 3.36. The Kier molecular flexibility index (Phi) is 7.30. The van der Waals surface area contributed by atoms with Crippen LogP contribution in [0, 0.1) is 13.8 Å². The molecule has 3 heterocycles. The number of hydrogen-bond donors (Lipinski definition) is 1. The molecule has 1 N–H and O–H groups in total. The van der Waals surface area contributed by atoms with E-state index < -0.39 is 0 Å². The van der Waals surface area contributed by atoms with E-state index in [1.54, 1.807) is 7.11 Å². The highest BCUT2D eigenvalue weighted by Gasteiger charge is 2.46. The molecule has 5 rings (SSSR count). The van der Waals surface area contributed by atoms with Crippen molar-refractivity contribution >= 4 is 5.91 Å². The molecule has 3 aliphatic heterocycles. The summed E-state index contributed by atoms with van der Waals surface area (Å²) < 4.78 is 23.9. The quantitative estimate of drug-likeness (QED) is 0.588. The largest absolute Gasteiger partial charge is 0.493 e. The maximum atomic E-state index is 12.1. The fraction of sp³-hybridized carbons (Fsp3) is 0.536. The lowest BCUT2D eigenvalue weighted by molar-refractivity contribution is -0.247. The number of nitrogens with zero attached hydrogens (tertiary/aromatic N) is 2. The van der Waals surface area contributed by atoms with Gasteiger partial charge in [0.2, 0.25) is 19.5 Å². The number of fused-ring (bicyclic) bond motifs is 4. The van der Waals surface area contributed by atoms with Gasteiger partial charge in [-0.3, -0.25) is 9.69 Å². The molecule has 10 nitrogen and oxygen atoms in total. The maximum Gasteiger partial charge on any atom is 0.232 e. The molecule has 3 aliphatic rings. The van der Waals surface area contributed by atoms with Crippen LogP contribution in [-0.2, 0) is 16.1 Å². The first-order valence-electron chi connectivity index (χ1n) is 13.0. The van der Waals surface area contributed by atoms with Crippen LogP contribution in [0.3, 0.4) is 0 Å². The van der Waals surface area contributed by atoms with Gasteiger partial charge in [-0.15, -0.1) is 4.89 Å². The van der Waals surface area contributed by atoms with Gasteiger partial charge < -0.3 is 34.1 Å². The van der Waals surface area contributed by atoms with E-state index in [0.29, 0.717) is 41.7 Å². The average molecular weight is 528 g/mol. The minimum atomic E-state index is -0.184. The molecule has 3 atom stereocenters. The topological polar surface area (TPSA) is 91.0 Å². The van der Waals surface area contributed by atoms with Crippen molar-refractivity contribution in [2.45, 2.75) is 52.2 Å². The Morgan fingerprint density at radius 3 is 2.53 bits per heavy atom. The molecule has 1 unspecified atom stereocenters. The highest BCUT2D eigenvalue weighted by Crippen LogP contribution is 2.54. The van der Waals surface area contributed by atoms with Gasteiger partial charge in [0.05, 0.1) is 19.2 Å². The van der Waals surface area contributed by atoms with E-state index in [2.05, 4.69) is 48.3 Å². The third kappa shape index (κ3) is 4.30. The number of nitrogens with one attached hydrogen (secondary N) is 1. The molecule has 0 radical (unpaired) electrons. The molecule has 1 amide bonds. The maximum absolute atomic E-state index is 12.1. The molecule has 2 aromatic rings. The molecule has 0 fully saturated rings. The third-order valence-corrected chi connectivity index (χ3v) is 7.80. The molecule has 0 aromatic heterocycles. The Balaban J connectivity index is 1.77. The predicted molar refractivity (Wildman–Crippen MR) is 140 cm³/mol. The van der Waals surface area contributed by atoms with Gasteiger partial charge in [0, 0.05) is 41.8 Å². The molecule has 10 heteroatoms. The Morgan fingerprint density at radius 1 is 1.11 bits per heavy atom. The smallest absolute Gasteiger partial charge is 0.232 e. The van der Waals surface area contributed by atoms with Crippen molar-refractivity contribution in [1.82, 2.24) is 15.1 Å². The van der Waals surface area contributed by atoms with Crippen molar-refractivity contribution in [3.05, 3.63) is 39.9 Å². The summed E-state index contributed by atoms with van der Waals surface area (Å²) in [7, 11) is 5.80. The third-order valence-electron chi connectivity index (χ3n) is 7.80. The SMILES string of the molecule is CCN1C2Cc3c(c(C)c4c(c3[C@@H]1CNC(C)=O)OCO4)OOCOc1c(ccc(C)c1OC)[C@H]2N(C)C. The Bertz CT molecular complexity index is 1230. The van der Waals surface area contributed by atoms with Gasteiger partial charge in [0.25, 0.3) is 0 Å². The van der Waals surface area contributed by atoms with Crippen molar-refractivity contribution in [1.29, 1.82) is 0 Å². The van der Waals surface area contributed by atoms with E-state index in [4.69, 9.17) is 28.7 Å². The fourth-order valence-electron chi connectivity index (χ4n) is 6.25. The number of carbonyl (C=O) groups is 1. The van der Waals surface area contributed by atoms with Crippen molar-refractivity contribution in [3.8, 4) is 28.7 Å². The highest BCUT2D eigenvalue weighted by molar-refractivity contribution is 5.73. The van der Waals surface area contributed by atoms with E-state index in [0.717, 1.165) is 34.4 Å². The second-order valence-corrected chi connectivity index (χ2v) is 10.2. The molecule has 0 saturated heterocycles. The summed E-state index contributed by atoms with van der Waals surface area (Å²) in [6.07, 6.45) is 0.661. The highest BCUT2D eigenvalue weighted by atomic mass is 17.2. The van der Waals surface area contributed by atoms with Gasteiger partial charge in [-0.2, -0.15) is 0 Å². The number of carbonyl (C=O) groups excluding carboxylic acids is 1. The van der Waals surface area contributed by atoms with E-state index in [-0.39, 0.29) is 37.6 Å². The zero-order valence-corrected chi connectivity index (χ0v) is 23.2. The first kappa shape index (κ1) is 26.4. The normalized spacial score (nSPS) is 22.2. The number of likely N-dealkylation sites (N-methyl/N-ethyl adjacent to an activating group) is 2. The van der Waals surface area contributed by atoms with Gasteiger partial charge in [-0.1, -0.05) is 19.1 Å². The monoisotopic (exact) mass is 527 g/mol. The number of aryl methyl sites for hydroxylation is 1. The second-order valence-electron chi connectivity index (χ2n) is 10.2. The minimum Gasteiger partial charge on any atom is -0.493 e. The minimum absolute atomic E-state index is 0.00348. The molecule has 206 valence electrons. The van der Waals surface area contributed by atoms with Gasteiger partial charge in [-0.25, -0.2) is 0 Å². The summed E-state index contributed by atoms with van der Waals surface area (Å²) in [6.45, 7) is 8.76. The standard InChI is InChI=1S/C28H37N3O7/c1-8-31-20-11-19-22(21(31)12-29-17(4)32)28-26(34-13-35-28)16(3)25(19)38-37-14-36-27-18(23(20)30(5)6)10-9-15(2)24(27)33-7/h9-10,20-21,23H,8,11-14H2,1-7H3,(H,29,32)/t20?,21-,23+/m0/s1. The lowest BCUT2D eigenvalue weighted by atomic mass is 9.80. The Labute approximate surface area is 223 Å². The first-order chi connectivity index (χ1) is 18.3. The van der Waals surface area contributed by atoms with Gasteiger partial charge in [0.1, 0.15) is 0 Å². The Hall–Kier alpha value is -3.21. The van der Waals surface area contributed by atoms with Crippen LogP contribution in [0.15, 0.2) is 12.1 Å². The van der Waals surface area contributed by atoms with Gasteiger partial charge in [0.15, 0.2) is 28.7 Å². The number of amides is 1. The predicted octanol–water partition coefficient (Wildman–Crippen LogP) is 3.43. The lowest BCUT2D eigenvalue weighted by Gasteiger charge is -2.48. The van der Waals surface area contributed by atoms with Crippen molar-refractivity contribution in [2.75, 3.05) is 47.9 Å². The second kappa shape index (κ2) is 10.5. The zero-order valence-electron chi connectivity index (χ0n) is 23.2. The van der Waals surface area contributed by atoms with E-state index >= 15 is 0 Å². The number of methoxy groups -OCH3 is 1. The zero-order chi connectivity index (χ0) is 27.1. The summed E-state index contributed by atoms with van der Waals surface area (Å²) in [6, 6.07) is 3.90. The summed E-state index contributed by atoms with van der Waals surface area (Å²) in [4.78, 5) is 28.4. The summed E-state index contributed by atoms with van der Waals surface area (Å²) in [5.41, 5.74) is 4.72. The van der Waals surface area contributed by atoms with Crippen LogP contribution in [0.1, 0.15) is 53.7 Å². The molecular weight excluding hydrogens is 490 g/mol. The summed E-state index contributed by atoms with van der Waals surface area (Å²) in [5.74, 6) is 3.17. The van der Waals surface area contributed by atoms with Crippen LogP contribution >= 0.6 is 0 Å². The van der Waals surface area contributed by atoms with Crippen LogP contribution in [0.2, 0.25) is 0 Å². The Morgan fingerprint density at radius 2 is 1.84 bits per heavy atom. The molecule has 2 aromatic carbocycles. The lowest BCUT2D eigenvalue weighted by Crippen LogP contribution is -2.52. The molecule has 2 bridgehead atoms. The fourth-order valence-corrected chi connectivity index (χ4v) is 6.25. The van der Waals surface area contributed by atoms with E-state index in [1.807, 2.05) is 13.8 Å². The number of benzene rings is 2. The number of hydrogen-bond acceptors (Lipinski definition) is 9. The van der Waals surface area contributed by atoms with Crippen LogP contribution in [0.5, 0.6) is 28.7 Å². The van der Waals surface area contributed by atoms with Gasteiger partial charge >= 0.3 is 0 Å². The van der Waals surface area contributed by atoms with Crippen LogP contribution < -0.4 is 29.2 Å². The van der Waals surface area contributed by atoms with Crippen molar-refractivity contribution in [2.24, 2.45) is 0 Å². The molecule has 0 aliphatic carbocycles. The first-order valence-corrected chi connectivity index (χ1v) is 13.0. The summed E-state index contributed by atoms with van der Waals surface area (Å²) in [5, 5.41) is 3.05. The van der Waals surface area contributed by atoms with E-state index in [9.17, 15) is 4.79 Å². The van der Waals surface area contributed by atoms with Crippen molar-refractivity contribution < 1.29 is 33.5 Å². The molecular formula is C28H37N3O7. The van der Waals surface area contributed by atoms with Crippen LogP contribution in [0.4, 0.5) is 0 Å². The van der Waals surface area contributed by atoms with Crippen LogP contribution in [-0.4, -0.2) is 69.6 Å². The molecule has 0 spiro atoms. The molecule has 38 heavy (non-hydrogen) atoms.